The fourth-order valence-electron chi connectivity index (χ4n) is 1.95. The number of hydrogen-bond acceptors (Lipinski definition) is 3. The Bertz CT molecular complexity index is 526. The molecule has 0 saturated carbocycles. The Balaban J connectivity index is 2.27. The lowest BCUT2D eigenvalue weighted by Gasteiger charge is -2.30. The van der Waals surface area contributed by atoms with Gasteiger partial charge in [0.2, 0.25) is 0 Å². The number of carbonyl (C=O) groups excluding carboxylic acids is 1. The lowest BCUT2D eigenvalue weighted by atomic mass is 9.90. The molecule has 20 heavy (non-hydrogen) atoms. The molecule has 1 unspecified atom stereocenters. The molecule has 1 aromatic rings. The summed E-state index contributed by atoms with van der Waals surface area (Å²) in [7, 11) is 0. The van der Waals surface area contributed by atoms with E-state index >= 15 is 0 Å². The largest absolute Gasteiger partial charge is 0.492 e. The molecule has 1 aromatic carbocycles. The summed E-state index contributed by atoms with van der Waals surface area (Å²) in [5.74, 6) is 0.732. The zero-order valence-corrected chi connectivity index (χ0v) is 16.1. The summed E-state index contributed by atoms with van der Waals surface area (Å²) in [5, 5.41) is 0. The number of rotatable bonds is 3. The molecule has 1 aliphatic rings. The molecule has 0 radical (unpaired) electrons. The SMILES string of the molecule is CCC(C)(C)C(=O)OC1CCOc2c(I)cc(I)cc21. The van der Waals surface area contributed by atoms with E-state index in [1.807, 2.05) is 26.8 Å². The van der Waals surface area contributed by atoms with Gasteiger partial charge in [0.1, 0.15) is 11.9 Å². The predicted octanol–water partition coefficient (Wildman–Crippen LogP) is 4.70. The van der Waals surface area contributed by atoms with E-state index < -0.39 is 5.41 Å². The second-order valence-electron chi connectivity index (χ2n) is 5.57. The van der Waals surface area contributed by atoms with E-state index in [4.69, 9.17) is 9.47 Å². The van der Waals surface area contributed by atoms with Crippen molar-refractivity contribution < 1.29 is 14.3 Å². The van der Waals surface area contributed by atoms with Crippen molar-refractivity contribution in [3.05, 3.63) is 24.8 Å². The molecule has 110 valence electrons. The molecule has 1 heterocycles. The number of fused-ring (bicyclic) bond motifs is 1. The Morgan fingerprint density at radius 1 is 1.45 bits per heavy atom. The molecule has 3 nitrogen and oxygen atoms in total. The zero-order valence-electron chi connectivity index (χ0n) is 11.8. The van der Waals surface area contributed by atoms with E-state index in [1.165, 1.54) is 0 Å². The van der Waals surface area contributed by atoms with Gasteiger partial charge in [0, 0.05) is 15.6 Å². The fraction of sp³-hybridized carbons (Fsp3) is 0.533. The molecular formula is C15H18I2O3. The van der Waals surface area contributed by atoms with Crippen LogP contribution in [-0.2, 0) is 9.53 Å². The summed E-state index contributed by atoms with van der Waals surface area (Å²) in [6.45, 7) is 6.45. The maximum absolute atomic E-state index is 12.3. The first-order chi connectivity index (χ1) is 9.35. The Hall–Kier alpha value is -0.0500. The Morgan fingerprint density at radius 3 is 2.80 bits per heavy atom. The van der Waals surface area contributed by atoms with E-state index in [1.54, 1.807) is 0 Å². The van der Waals surface area contributed by atoms with Gasteiger partial charge in [0.05, 0.1) is 15.6 Å². The van der Waals surface area contributed by atoms with Gasteiger partial charge in [0.15, 0.2) is 0 Å². The van der Waals surface area contributed by atoms with Crippen LogP contribution in [0.3, 0.4) is 0 Å². The van der Waals surface area contributed by atoms with Crippen molar-refractivity contribution in [2.45, 2.75) is 39.7 Å². The summed E-state index contributed by atoms with van der Waals surface area (Å²) >= 11 is 4.54. The maximum Gasteiger partial charge on any atom is 0.312 e. The molecular weight excluding hydrogens is 482 g/mol. The van der Waals surface area contributed by atoms with E-state index in [0.29, 0.717) is 13.0 Å². The highest BCUT2D eigenvalue weighted by Gasteiger charge is 2.33. The van der Waals surface area contributed by atoms with Gasteiger partial charge in [-0.2, -0.15) is 0 Å². The molecule has 5 heteroatoms. The predicted molar refractivity (Wildman–Crippen MR) is 94.9 cm³/mol. The smallest absolute Gasteiger partial charge is 0.312 e. The highest BCUT2D eigenvalue weighted by atomic mass is 127. The topological polar surface area (TPSA) is 35.5 Å². The van der Waals surface area contributed by atoms with Crippen LogP contribution < -0.4 is 4.74 Å². The summed E-state index contributed by atoms with van der Waals surface area (Å²) in [4.78, 5) is 12.3. The molecule has 0 saturated heterocycles. The Morgan fingerprint density at radius 2 is 2.15 bits per heavy atom. The van der Waals surface area contributed by atoms with Crippen LogP contribution >= 0.6 is 45.2 Å². The second-order valence-corrected chi connectivity index (χ2v) is 7.98. The number of halogens is 2. The molecule has 0 aromatic heterocycles. The molecule has 0 N–H and O–H groups in total. The van der Waals surface area contributed by atoms with Crippen LogP contribution in [0.25, 0.3) is 0 Å². The first-order valence-electron chi connectivity index (χ1n) is 6.68. The average molecular weight is 500 g/mol. The summed E-state index contributed by atoms with van der Waals surface area (Å²) in [6, 6.07) is 4.12. The lowest BCUT2D eigenvalue weighted by Crippen LogP contribution is -2.29. The van der Waals surface area contributed by atoms with Crippen molar-refractivity contribution in [1.82, 2.24) is 0 Å². The van der Waals surface area contributed by atoms with Gasteiger partial charge >= 0.3 is 5.97 Å². The molecule has 0 aliphatic carbocycles. The van der Waals surface area contributed by atoms with Crippen molar-refractivity contribution >= 4 is 51.2 Å². The Labute approximate surface area is 147 Å². The maximum atomic E-state index is 12.3. The normalized spacial score (nSPS) is 18.1. The molecule has 0 amide bonds. The van der Waals surface area contributed by atoms with Crippen LogP contribution in [0.1, 0.15) is 45.3 Å². The summed E-state index contributed by atoms with van der Waals surface area (Å²) in [5.41, 5.74) is 0.556. The third kappa shape index (κ3) is 3.40. The van der Waals surface area contributed by atoms with Crippen molar-refractivity contribution in [3.8, 4) is 5.75 Å². The minimum Gasteiger partial charge on any atom is -0.492 e. The highest BCUT2D eigenvalue weighted by molar-refractivity contribution is 14.1. The van der Waals surface area contributed by atoms with E-state index in [-0.39, 0.29) is 12.1 Å². The van der Waals surface area contributed by atoms with Crippen LogP contribution in [0.4, 0.5) is 0 Å². The molecule has 2 rings (SSSR count). The molecule has 0 fully saturated rings. The van der Waals surface area contributed by atoms with Gasteiger partial charge < -0.3 is 9.47 Å². The van der Waals surface area contributed by atoms with Crippen molar-refractivity contribution in [1.29, 1.82) is 0 Å². The zero-order chi connectivity index (χ0) is 14.9. The lowest BCUT2D eigenvalue weighted by molar-refractivity contribution is -0.161. The average Bonchev–Trinajstić information content (AvgIpc) is 2.39. The fourth-order valence-corrected chi connectivity index (χ4v) is 4.00. The first-order valence-corrected chi connectivity index (χ1v) is 8.83. The van der Waals surface area contributed by atoms with E-state index in [2.05, 4.69) is 51.2 Å². The number of esters is 1. The minimum absolute atomic E-state index is 0.133. The number of ether oxygens (including phenoxy) is 2. The third-order valence-electron chi connectivity index (χ3n) is 3.70. The summed E-state index contributed by atoms with van der Waals surface area (Å²) < 4.78 is 13.7. The molecule has 1 aliphatic heterocycles. The van der Waals surface area contributed by atoms with Crippen LogP contribution in [0.5, 0.6) is 5.75 Å². The number of carbonyl (C=O) groups is 1. The van der Waals surface area contributed by atoms with Gasteiger partial charge in [-0.05, 0) is 77.6 Å². The number of hydrogen-bond donors (Lipinski definition) is 0. The van der Waals surface area contributed by atoms with Gasteiger partial charge in [-0.1, -0.05) is 6.92 Å². The van der Waals surface area contributed by atoms with Gasteiger partial charge in [-0.15, -0.1) is 0 Å². The van der Waals surface area contributed by atoms with Crippen LogP contribution in [0.15, 0.2) is 12.1 Å². The van der Waals surface area contributed by atoms with E-state index in [0.717, 1.165) is 24.9 Å². The third-order valence-corrected chi connectivity index (χ3v) is 5.12. The van der Waals surface area contributed by atoms with Crippen molar-refractivity contribution in [2.24, 2.45) is 5.41 Å². The minimum atomic E-state index is -0.437. The standard InChI is InChI=1S/C15H18I2O3/c1-4-15(2,3)14(18)20-12-5-6-19-13-10(12)7-9(16)8-11(13)17/h7-8,12H,4-6H2,1-3H3. The first kappa shape index (κ1) is 16.3. The van der Waals surface area contributed by atoms with Crippen molar-refractivity contribution in [2.75, 3.05) is 6.61 Å². The van der Waals surface area contributed by atoms with Crippen LogP contribution in [0.2, 0.25) is 0 Å². The van der Waals surface area contributed by atoms with Gasteiger partial charge in [0.25, 0.3) is 0 Å². The van der Waals surface area contributed by atoms with E-state index in [9.17, 15) is 4.79 Å². The highest BCUT2D eigenvalue weighted by Crippen LogP contribution is 2.40. The van der Waals surface area contributed by atoms with Gasteiger partial charge in [-0.25, -0.2) is 0 Å². The van der Waals surface area contributed by atoms with Crippen LogP contribution in [0, 0.1) is 12.6 Å². The van der Waals surface area contributed by atoms with Crippen LogP contribution in [-0.4, -0.2) is 12.6 Å². The quantitative estimate of drug-likeness (QED) is 0.446. The summed E-state index contributed by atoms with van der Waals surface area (Å²) in [6.07, 6.45) is 1.29. The molecule has 0 bridgehead atoms. The van der Waals surface area contributed by atoms with Gasteiger partial charge in [-0.3, -0.25) is 4.79 Å². The van der Waals surface area contributed by atoms with Crippen molar-refractivity contribution in [3.63, 3.8) is 0 Å². The molecule has 0 spiro atoms. The monoisotopic (exact) mass is 500 g/mol. The second kappa shape index (κ2) is 6.37. The molecule has 1 atom stereocenters. The Kier molecular flexibility index (Phi) is 5.20. The number of benzene rings is 1.